The lowest BCUT2D eigenvalue weighted by Crippen LogP contribution is -2.54. The largest absolute Gasteiger partial charge is 0.465 e. The molecule has 20 heavy (non-hydrogen) atoms. The van der Waals surface area contributed by atoms with E-state index in [1.165, 1.54) is 12.3 Å². The zero-order valence-corrected chi connectivity index (χ0v) is 10.4. The molecule has 0 aromatic carbocycles. The minimum Gasteiger partial charge on any atom is -0.465 e. The number of pyridine rings is 1. The summed E-state index contributed by atoms with van der Waals surface area (Å²) in [6.45, 7) is 0.552. The second kappa shape index (κ2) is 5.78. The first-order valence-corrected chi connectivity index (χ1v) is 5.97. The summed E-state index contributed by atoms with van der Waals surface area (Å²) in [6.07, 6.45) is -0.458. The molecule has 1 aromatic heterocycles. The van der Waals surface area contributed by atoms with Gasteiger partial charge in [0.2, 0.25) is 0 Å². The number of amides is 1. The van der Waals surface area contributed by atoms with Gasteiger partial charge in [0, 0.05) is 12.7 Å². The Kier molecular flexibility index (Phi) is 4.08. The maximum Gasteiger partial charge on any atom is 0.412 e. The number of carbonyl (C=O) groups is 1. The summed E-state index contributed by atoms with van der Waals surface area (Å²) < 4.78 is 13.9. The number of anilines is 1. The summed E-state index contributed by atoms with van der Waals surface area (Å²) in [4.78, 5) is 25.9. The lowest BCUT2D eigenvalue weighted by molar-refractivity contribution is -0.384. The van der Waals surface area contributed by atoms with Gasteiger partial charge in [-0.2, -0.15) is 0 Å². The van der Waals surface area contributed by atoms with Crippen molar-refractivity contribution >= 4 is 17.5 Å². The molecule has 0 radical (unpaired) electrons. The molecule has 1 fully saturated rings. The number of aromatic nitrogens is 1. The van der Waals surface area contributed by atoms with Crippen molar-refractivity contribution in [2.24, 2.45) is 0 Å². The highest BCUT2D eigenvalue weighted by Crippen LogP contribution is 2.30. The second-order valence-corrected chi connectivity index (χ2v) is 4.35. The fraction of sp³-hybridized carbons (Fsp3) is 0.455. The summed E-state index contributed by atoms with van der Waals surface area (Å²) in [5.41, 5.74) is -0.637. The van der Waals surface area contributed by atoms with Crippen LogP contribution in [0.15, 0.2) is 18.5 Å². The van der Waals surface area contributed by atoms with E-state index >= 15 is 0 Å². The van der Waals surface area contributed by atoms with Gasteiger partial charge >= 0.3 is 11.8 Å². The fourth-order valence-corrected chi connectivity index (χ4v) is 2.21. The molecule has 1 aliphatic heterocycles. The van der Waals surface area contributed by atoms with Crippen LogP contribution in [0.5, 0.6) is 0 Å². The lowest BCUT2D eigenvalue weighted by atomic mass is 10.0. The molecule has 0 spiro atoms. The van der Waals surface area contributed by atoms with E-state index in [0.717, 1.165) is 6.20 Å². The zero-order valence-electron chi connectivity index (χ0n) is 10.4. The maximum atomic E-state index is 13.9. The topological polar surface area (TPSA) is 109 Å². The molecule has 1 saturated heterocycles. The molecule has 8 nitrogen and oxygen atoms in total. The number of hydrogen-bond acceptors (Lipinski definition) is 5. The van der Waals surface area contributed by atoms with Crippen molar-refractivity contribution in [2.75, 3.05) is 18.0 Å². The molecule has 2 atom stereocenters. The summed E-state index contributed by atoms with van der Waals surface area (Å²) in [5.74, 6) is 0. The molecule has 0 bridgehead atoms. The molecule has 0 unspecified atom stereocenters. The molecule has 1 aliphatic rings. The van der Waals surface area contributed by atoms with Gasteiger partial charge in [-0.3, -0.25) is 20.0 Å². The molecular formula is C11H13FN4O4. The predicted octanol–water partition coefficient (Wildman–Crippen LogP) is 1.17. The first kappa shape index (κ1) is 14.1. The number of piperidine rings is 1. The fourth-order valence-electron chi connectivity index (χ4n) is 2.21. The Labute approximate surface area is 113 Å². The van der Waals surface area contributed by atoms with Crippen molar-refractivity contribution in [1.29, 1.82) is 0 Å². The van der Waals surface area contributed by atoms with E-state index in [0.29, 0.717) is 11.4 Å². The van der Waals surface area contributed by atoms with Gasteiger partial charge in [-0.25, -0.2) is 9.18 Å². The van der Waals surface area contributed by atoms with Crippen molar-refractivity contribution in [3.8, 4) is 0 Å². The van der Waals surface area contributed by atoms with Crippen LogP contribution < -0.4 is 10.2 Å². The van der Waals surface area contributed by atoms with E-state index in [1.54, 1.807) is 0 Å². The van der Waals surface area contributed by atoms with E-state index in [2.05, 4.69) is 10.3 Å². The van der Waals surface area contributed by atoms with Gasteiger partial charge in [-0.1, -0.05) is 0 Å². The molecule has 1 amide bonds. The minimum atomic E-state index is -1.43. The van der Waals surface area contributed by atoms with Gasteiger partial charge in [-0.05, 0) is 19.0 Å². The third kappa shape index (κ3) is 2.67. The molecular weight excluding hydrogens is 271 g/mol. The molecule has 2 rings (SSSR count). The summed E-state index contributed by atoms with van der Waals surface area (Å²) >= 11 is 0. The quantitative estimate of drug-likeness (QED) is 0.637. The van der Waals surface area contributed by atoms with E-state index in [1.807, 2.05) is 0 Å². The monoisotopic (exact) mass is 284 g/mol. The zero-order chi connectivity index (χ0) is 14.7. The summed E-state index contributed by atoms with van der Waals surface area (Å²) in [5, 5.41) is 23.1. The average molecular weight is 284 g/mol. The van der Waals surface area contributed by atoms with Crippen LogP contribution in [0.3, 0.4) is 0 Å². The summed E-state index contributed by atoms with van der Waals surface area (Å²) in [6, 6.07) is 0.204. The van der Waals surface area contributed by atoms with Crippen molar-refractivity contribution in [3.63, 3.8) is 0 Å². The molecule has 0 aliphatic carbocycles. The van der Waals surface area contributed by atoms with Crippen LogP contribution in [-0.4, -0.2) is 46.4 Å². The molecule has 0 saturated carbocycles. The van der Waals surface area contributed by atoms with E-state index in [4.69, 9.17) is 0 Å². The first-order valence-electron chi connectivity index (χ1n) is 5.97. The second-order valence-electron chi connectivity index (χ2n) is 4.35. The van der Waals surface area contributed by atoms with Crippen LogP contribution in [-0.2, 0) is 0 Å². The van der Waals surface area contributed by atoms with E-state index in [-0.39, 0.29) is 18.7 Å². The SMILES string of the molecule is O=C(O)N(c1ccncc1[N+](=O)[O-])[C@@H]1CNCC[C@H]1F. The number of hydrogen-bond donors (Lipinski definition) is 2. The molecule has 1 aromatic rings. The van der Waals surface area contributed by atoms with Gasteiger partial charge in [0.15, 0.2) is 0 Å². The Morgan fingerprint density at radius 3 is 3.00 bits per heavy atom. The van der Waals surface area contributed by atoms with Crippen LogP contribution >= 0.6 is 0 Å². The van der Waals surface area contributed by atoms with Crippen molar-refractivity contribution < 1.29 is 19.2 Å². The van der Waals surface area contributed by atoms with Crippen molar-refractivity contribution in [3.05, 3.63) is 28.6 Å². The Bertz CT molecular complexity index is 527. The minimum absolute atomic E-state index is 0.104. The number of rotatable bonds is 3. The normalized spacial score (nSPS) is 22.2. The van der Waals surface area contributed by atoms with Gasteiger partial charge in [-0.15, -0.1) is 0 Å². The number of halogens is 1. The number of nitrogens with zero attached hydrogens (tertiary/aromatic N) is 3. The van der Waals surface area contributed by atoms with Gasteiger partial charge in [0.1, 0.15) is 18.1 Å². The smallest absolute Gasteiger partial charge is 0.412 e. The highest BCUT2D eigenvalue weighted by Gasteiger charge is 2.37. The lowest BCUT2D eigenvalue weighted by Gasteiger charge is -2.34. The Hall–Kier alpha value is -2.29. The highest BCUT2D eigenvalue weighted by molar-refractivity contribution is 5.90. The van der Waals surface area contributed by atoms with Gasteiger partial charge in [0.25, 0.3) is 0 Å². The molecule has 108 valence electrons. The number of carboxylic acid groups (broad SMARTS) is 1. The predicted molar refractivity (Wildman–Crippen MR) is 67.6 cm³/mol. The average Bonchev–Trinajstić information content (AvgIpc) is 2.41. The van der Waals surface area contributed by atoms with Gasteiger partial charge < -0.3 is 10.4 Å². The molecule has 9 heteroatoms. The first-order chi connectivity index (χ1) is 9.52. The maximum absolute atomic E-state index is 13.9. The van der Waals surface area contributed by atoms with Crippen LogP contribution in [0.2, 0.25) is 0 Å². The van der Waals surface area contributed by atoms with Crippen LogP contribution in [0, 0.1) is 10.1 Å². The van der Waals surface area contributed by atoms with Crippen molar-refractivity contribution in [2.45, 2.75) is 18.6 Å². The Balaban J connectivity index is 2.43. The van der Waals surface area contributed by atoms with Crippen LogP contribution in [0.1, 0.15) is 6.42 Å². The number of nitro groups is 1. The third-order valence-electron chi connectivity index (χ3n) is 3.14. The molecule has 2 heterocycles. The van der Waals surface area contributed by atoms with E-state index < -0.39 is 28.9 Å². The standard InChI is InChI=1S/C11H13FN4O4/c12-7-1-3-13-5-9(7)15(11(17)18)8-2-4-14-6-10(8)16(19)20/h2,4,6-7,9,13H,1,3,5H2,(H,17,18)/t7-,9-/m1/s1. The van der Waals surface area contributed by atoms with Gasteiger partial charge in [0.05, 0.1) is 11.0 Å². The molecule has 2 N–H and O–H groups in total. The number of nitrogens with one attached hydrogen (secondary N) is 1. The summed E-state index contributed by atoms with van der Waals surface area (Å²) in [7, 11) is 0. The number of alkyl halides is 1. The van der Waals surface area contributed by atoms with Crippen LogP contribution in [0.4, 0.5) is 20.6 Å². The van der Waals surface area contributed by atoms with Crippen molar-refractivity contribution in [1.82, 2.24) is 10.3 Å². The Morgan fingerprint density at radius 2 is 2.40 bits per heavy atom. The third-order valence-corrected chi connectivity index (χ3v) is 3.14. The van der Waals surface area contributed by atoms with Crippen LogP contribution in [0.25, 0.3) is 0 Å². The highest BCUT2D eigenvalue weighted by atomic mass is 19.1. The van der Waals surface area contributed by atoms with E-state index in [9.17, 15) is 24.4 Å². The Morgan fingerprint density at radius 1 is 1.65 bits per heavy atom.